The Morgan fingerprint density at radius 1 is 1.30 bits per heavy atom. The van der Waals surface area contributed by atoms with Crippen molar-refractivity contribution in [2.45, 2.75) is 32.3 Å². The Kier molecular flexibility index (Phi) is 5.43. The number of halogens is 1. The minimum absolute atomic E-state index is 0.101. The summed E-state index contributed by atoms with van der Waals surface area (Å²) in [6, 6.07) is 7.80. The SMILES string of the molecule is Cc1cc(C(=O)N2CCN(c3nc4nc(Cl)ccc4o3)CC2)cnc1C(O)C1(CC#N)CC1. The van der Waals surface area contributed by atoms with E-state index in [1.807, 2.05) is 11.8 Å². The minimum atomic E-state index is -0.787. The number of aromatic nitrogens is 3. The fraction of sp³-hybridized carbons (Fsp3) is 0.435. The number of pyridine rings is 2. The van der Waals surface area contributed by atoms with Gasteiger partial charge < -0.3 is 19.3 Å². The number of nitriles is 1. The normalized spacial score (nSPS) is 18.2. The third-order valence-corrected chi connectivity index (χ3v) is 6.78. The summed E-state index contributed by atoms with van der Waals surface area (Å²) in [5.74, 6) is -0.101. The Bertz CT molecular complexity index is 1260. The Balaban J connectivity index is 1.25. The molecule has 1 unspecified atom stereocenters. The molecule has 1 saturated heterocycles. The predicted molar refractivity (Wildman–Crippen MR) is 121 cm³/mol. The summed E-state index contributed by atoms with van der Waals surface area (Å²) in [7, 11) is 0. The number of carbonyl (C=O) groups is 1. The molecule has 170 valence electrons. The highest BCUT2D eigenvalue weighted by atomic mass is 35.5. The van der Waals surface area contributed by atoms with E-state index in [4.69, 9.17) is 21.3 Å². The van der Waals surface area contributed by atoms with Gasteiger partial charge in [-0.3, -0.25) is 9.78 Å². The summed E-state index contributed by atoms with van der Waals surface area (Å²) in [6.07, 6.45) is 2.68. The largest absolute Gasteiger partial charge is 0.422 e. The van der Waals surface area contributed by atoms with E-state index in [-0.39, 0.29) is 11.3 Å². The van der Waals surface area contributed by atoms with Crippen molar-refractivity contribution in [2.24, 2.45) is 5.41 Å². The highest BCUT2D eigenvalue weighted by molar-refractivity contribution is 6.29. The number of aliphatic hydroxyl groups excluding tert-OH is 1. The maximum atomic E-state index is 13.1. The van der Waals surface area contributed by atoms with Gasteiger partial charge in [0.2, 0.25) is 5.65 Å². The molecular weight excluding hydrogens is 444 g/mol. The molecule has 1 atom stereocenters. The van der Waals surface area contributed by atoms with Gasteiger partial charge in [0, 0.05) is 44.2 Å². The van der Waals surface area contributed by atoms with Gasteiger partial charge in [-0.25, -0.2) is 4.98 Å². The summed E-state index contributed by atoms with van der Waals surface area (Å²) in [6.45, 7) is 4.02. The molecule has 5 rings (SSSR count). The first-order chi connectivity index (χ1) is 15.9. The number of fused-ring (bicyclic) bond motifs is 1. The topological polar surface area (TPSA) is 119 Å². The lowest BCUT2D eigenvalue weighted by atomic mass is 9.91. The highest BCUT2D eigenvalue weighted by Gasteiger charge is 2.50. The molecule has 1 saturated carbocycles. The van der Waals surface area contributed by atoms with Crippen LogP contribution in [0.1, 0.15) is 47.0 Å². The predicted octanol–water partition coefficient (Wildman–Crippen LogP) is 3.27. The second-order valence-corrected chi connectivity index (χ2v) is 9.14. The fourth-order valence-corrected chi connectivity index (χ4v) is 4.49. The Hall–Kier alpha value is -3.22. The van der Waals surface area contributed by atoms with E-state index in [1.54, 1.807) is 23.1 Å². The Morgan fingerprint density at radius 2 is 2.06 bits per heavy atom. The third-order valence-electron chi connectivity index (χ3n) is 6.57. The van der Waals surface area contributed by atoms with Crippen molar-refractivity contribution in [1.82, 2.24) is 19.9 Å². The smallest absolute Gasteiger partial charge is 0.300 e. The van der Waals surface area contributed by atoms with Crippen LogP contribution in [-0.4, -0.2) is 57.0 Å². The molecule has 0 aromatic carbocycles. The summed E-state index contributed by atoms with van der Waals surface area (Å²) < 4.78 is 5.78. The summed E-state index contributed by atoms with van der Waals surface area (Å²) in [4.78, 5) is 29.8. The number of hydrogen-bond donors (Lipinski definition) is 1. The molecule has 33 heavy (non-hydrogen) atoms. The first-order valence-corrected chi connectivity index (χ1v) is 11.3. The van der Waals surface area contributed by atoms with Crippen LogP contribution >= 0.6 is 11.6 Å². The molecule has 1 N–H and O–H groups in total. The van der Waals surface area contributed by atoms with Crippen molar-refractivity contribution in [3.8, 4) is 6.07 Å². The Morgan fingerprint density at radius 3 is 2.73 bits per heavy atom. The molecule has 10 heteroatoms. The zero-order valence-corrected chi connectivity index (χ0v) is 18.9. The molecule has 1 amide bonds. The van der Waals surface area contributed by atoms with E-state index in [0.29, 0.717) is 66.3 Å². The molecular formula is C23H23ClN6O3. The van der Waals surface area contributed by atoms with Crippen molar-refractivity contribution in [2.75, 3.05) is 31.1 Å². The van der Waals surface area contributed by atoms with Crippen molar-refractivity contribution < 1.29 is 14.3 Å². The molecule has 3 aromatic heterocycles. The van der Waals surface area contributed by atoms with Gasteiger partial charge in [0.05, 0.1) is 17.3 Å². The van der Waals surface area contributed by atoms with Crippen LogP contribution in [0.15, 0.2) is 28.8 Å². The average molecular weight is 467 g/mol. The van der Waals surface area contributed by atoms with E-state index in [2.05, 4.69) is 21.0 Å². The monoisotopic (exact) mass is 466 g/mol. The molecule has 2 aliphatic rings. The molecule has 1 aliphatic heterocycles. The highest BCUT2D eigenvalue weighted by Crippen LogP contribution is 2.57. The standard InChI is InChI=1S/C23H23ClN6O3/c1-14-12-15(13-26-18(14)19(31)23(4-5-23)6-7-25)21(32)29-8-10-30(11-9-29)22-28-20-16(33-22)2-3-17(24)27-20/h2-3,12-13,19,31H,4-6,8-11H2,1H3. The van der Waals surface area contributed by atoms with Gasteiger partial charge in [0.25, 0.3) is 11.9 Å². The number of aryl methyl sites for hydroxylation is 1. The zero-order chi connectivity index (χ0) is 23.2. The van der Waals surface area contributed by atoms with Crippen molar-refractivity contribution in [1.29, 1.82) is 5.26 Å². The van der Waals surface area contributed by atoms with Crippen LogP contribution in [0.3, 0.4) is 0 Å². The van der Waals surface area contributed by atoms with Crippen LogP contribution in [0.4, 0.5) is 6.01 Å². The number of piperazine rings is 1. The third kappa shape index (κ3) is 4.01. The second kappa shape index (κ2) is 8.28. The van der Waals surface area contributed by atoms with Crippen LogP contribution in [0, 0.1) is 23.7 Å². The quantitative estimate of drug-likeness (QED) is 0.569. The van der Waals surface area contributed by atoms with E-state index < -0.39 is 6.10 Å². The lowest BCUT2D eigenvalue weighted by Crippen LogP contribution is -2.49. The van der Waals surface area contributed by atoms with Gasteiger partial charge in [-0.2, -0.15) is 10.2 Å². The molecule has 0 spiro atoms. The van der Waals surface area contributed by atoms with E-state index in [1.165, 1.54) is 6.20 Å². The maximum Gasteiger partial charge on any atom is 0.300 e. The van der Waals surface area contributed by atoms with Crippen LogP contribution in [0.2, 0.25) is 5.15 Å². The van der Waals surface area contributed by atoms with Crippen LogP contribution in [-0.2, 0) is 0 Å². The number of anilines is 1. The first-order valence-electron chi connectivity index (χ1n) is 10.9. The molecule has 4 heterocycles. The van der Waals surface area contributed by atoms with Gasteiger partial charge in [0.15, 0.2) is 5.58 Å². The summed E-state index contributed by atoms with van der Waals surface area (Å²) >= 11 is 5.92. The zero-order valence-electron chi connectivity index (χ0n) is 18.2. The van der Waals surface area contributed by atoms with Gasteiger partial charge in [-0.05, 0) is 43.5 Å². The molecule has 0 bridgehead atoms. The summed E-state index contributed by atoms with van der Waals surface area (Å²) in [5, 5.41) is 20.2. The van der Waals surface area contributed by atoms with Gasteiger partial charge in [-0.1, -0.05) is 11.6 Å². The van der Waals surface area contributed by atoms with Gasteiger partial charge >= 0.3 is 0 Å². The van der Waals surface area contributed by atoms with Gasteiger partial charge in [-0.15, -0.1) is 0 Å². The van der Waals surface area contributed by atoms with E-state index >= 15 is 0 Å². The number of amides is 1. The number of nitrogens with zero attached hydrogens (tertiary/aromatic N) is 6. The second-order valence-electron chi connectivity index (χ2n) is 8.76. The number of aliphatic hydroxyl groups is 1. The lowest BCUT2D eigenvalue weighted by Gasteiger charge is -2.33. The summed E-state index contributed by atoms with van der Waals surface area (Å²) in [5.41, 5.74) is 2.44. The lowest BCUT2D eigenvalue weighted by molar-refractivity contribution is 0.0742. The van der Waals surface area contributed by atoms with E-state index in [0.717, 1.165) is 18.4 Å². The number of hydrogen-bond acceptors (Lipinski definition) is 8. The number of rotatable bonds is 5. The molecule has 0 radical (unpaired) electrons. The number of carbonyl (C=O) groups excluding carboxylic acids is 1. The molecule has 9 nitrogen and oxygen atoms in total. The van der Waals surface area contributed by atoms with Crippen molar-refractivity contribution in [3.63, 3.8) is 0 Å². The van der Waals surface area contributed by atoms with E-state index in [9.17, 15) is 9.90 Å². The number of oxazole rings is 1. The van der Waals surface area contributed by atoms with Crippen LogP contribution < -0.4 is 4.90 Å². The van der Waals surface area contributed by atoms with Gasteiger partial charge in [0.1, 0.15) is 11.3 Å². The fourth-order valence-electron chi connectivity index (χ4n) is 4.35. The molecule has 3 aromatic rings. The molecule has 2 fully saturated rings. The average Bonchev–Trinajstić information content (AvgIpc) is 3.48. The minimum Gasteiger partial charge on any atom is -0.422 e. The van der Waals surface area contributed by atoms with Crippen molar-refractivity contribution >= 4 is 34.8 Å². The maximum absolute atomic E-state index is 13.1. The molecule has 1 aliphatic carbocycles. The Labute approximate surface area is 195 Å². The van der Waals surface area contributed by atoms with Crippen LogP contribution in [0.25, 0.3) is 11.2 Å². The van der Waals surface area contributed by atoms with Crippen LogP contribution in [0.5, 0.6) is 0 Å². The van der Waals surface area contributed by atoms with Crippen molar-refractivity contribution in [3.05, 3.63) is 46.4 Å². The first kappa shape index (κ1) is 21.6.